The van der Waals surface area contributed by atoms with E-state index in [0.717, 1.165) is 5.56 Å². The molecule has 24 heavy (non-hydrogen) atoms. The quantitative estimate of drug-likeness (QED) is 0.899. The first kappa shape index (κ1) is 17.8. The summed E-state index contributed by atoms with van der Waals surface area (Å²) >= 11 is 0. The first-order chi connectivity index (χ1) is 11.3. The number of carbonyl (C=O) groups is 1. The average molecular weight is 348 g/mol. The Kier molecular flexibility index (Phi) is 5.14. The number of amides is 1. The number of methoxy groups -OCH3 is 1. The molecule has 6 nitrogen and oxygen atoms in total. The molecule has 128 valence electrons. The molecule has 0 aliphatic rings. The first-order valence-electron chi connectivity index (χ1n) is 7.27. The van der Waals surface area contributed by atoms with Gasteiger partial charge in [0.25, 0.3) is 15.9 Å². The third kappa shape index (κ3) is 3.35. The number of anilines is 1. The minimum atomic E-state index is -3.74. The van der Waals surface area contributed by atoms with Crippen molar-refractivity contribution in [3.05, 3.63) is 53.6 Å². The fourth-order valence-corrected chi connectivity index (χ4v) is 3.52. The number of aryl methyl sites for hydroxylation is 1. The molecule has 0 aliphatic carbocycles. The maximum atomic E-state index is 12.8. The van der Waals surface area contributed by atoms with Gasteiger partial charge in [0.2, 0.25) is 0 Å². The van der Waals surface area contributed by atoms with Crippen LogP contribution in [0.2, 0.25) is 0 Å². The molecule has 0 unspecified atom stereocenters. The molecule has 0 heterocycles. The van der Waals surface area contributed by atoms with Crippen molar-refractivity contribution in [1.82, 2.24) is 5.32 Å². The fourth-order valence-electron chi connectivity index (χ4n) is 2.27. The van der Waals surface area contributed by atoms with Crippen molar-refractivity contribution in [3.8, 4) is 5.75 Å². The molecule has 0 spiro atoms. The van der Waals surface area contributed by atoms with Crippen molar-refractivity contribution < 1.29 is 17.9 Å². The molecule has 0 saturated carbocycles. The van der Waals surface area contributed by atoms with Gasteiger partial charge in [-0.05, 0) is 48.9 Å². The van der Waals surface area contributed by atoms with Crippen LogP contribution < -0.4 is 14.4 Å². The third-order valence-corrected chi connectivity index (χ3v) is 5.54. The maximum absolute atomic E-state index is 12.8. The molecule has 0 saturated heterocycles. The lowest BCUT2D eigenvalue weighted by molar-refractivity contribution is 0.0963. The van der Waals surface area contributed by atoms with Crippen molar-refractivity contribution in [1.29, 1.82) is 0 Å². The number of hydrogen-bond donors (Lipinski definition) is 1. The van der Waals surface area contributed by atoms with E-state index in [1.807, 2.05) is 0 Å². The van der Waals surface area contributed by atoms with Crippen LogP contribution >= 0.6 is 0 Å². The van der Waals surface area contributed by atoms with Gasteiger partial charge in [0, 0.05) is 19.7 Å². The largest absolute Gasteiger partial charge is 0.497 e. The topological polar surface area (TPSA) is 75.7 Å². The number of benzene rings is 2. The summed E-state index contributed by atoms with van der Waals surface area (Å²) in [6.07, 6.45) is 0. The van der Waals surface area contributed by atoms with Crippen molar-refractivity contribution in [2.24, 2.45) is 0 Å². The van der Waals surface area contributed by atoms with E-state index in [0.29, 0.717) is 17.0 Å². The molecular formula is C17H20N2O4S. The first-order valence-corrected chi connectivity index (χ1v) is 8.71. The SMILES string of the molecule is CNC(=O)c1ccc(C)c(N(C)S(=O)(=O)c2ccc(OC)cc2)c1. The second-order valence-electron chi connectivity index (χ2n) is 5.23. The van der Waals surface area contributed by atoms with E-state index in [-0.39, 0.29) is 10.8 Å². The zero-order chi connectivity index (χ0) is 17.9. The van der Waals surface area contributed by atoms with Gasteiger partial charge in [-0.15, -0.1) is 0 Å². The van der Waals surface area contributed by atoms with Crippen molar-refractivity contribution in [2.75, 3.05) is 25.5 Å². The zero-order valence-corrected chi connectivity index (χ0v) is 14.8. The zero-order valence-electron chi connectivity index (χ0n) is 14.0. The van der Waals surface area contributed by atoms with Crippen LogP contribution in [0.15, 0.2) is 47.4 Å². The van der Waals surface area contributed by atoms with Crippen LogP contribution in [-0.2, 0) is 10.0 Å². The van der Waals surface area contributed by atoms with Crippen LogP contribution in [0.4, 0.5) is 5.69 Å². The highest BCUT2D eigenvalue weighted by Crippen LogP contribution is 2.27. The van der Waals surface area contributed by atoms with Crippen LogP contribution in [0.5, 0.6) is 5.75 Å². The summed E-state index contributed by atoms with van der Waals surface area (Å²) in [6, 6.07) is 11.1. The highest BCUT2D eigenvalue weighted by molar-refractivity contribution is 7.92. The second kappa shape index (κ2) is 6.92. The molecule has 2 rings (SSSR count). The van der Waals surface area contributed by atoms with Crippen molar-refractivity contribution >= 4 is 21.6 Å². The Balaban J connectivity index is 2.45. The number of ether oxygens (including phenoxy) is 1. The van der Waals surface area contributed by atoms with E-state index in [2.05, 4.69) is 5.32 Å². The summed E-state index contributed by atoms with van der Waals surface area (Å²) < 4.78 is 31.9. The Morgan fingerprint density at radius 1 is 1.12 bits per heavy atom. The molecule has 0 radical (unpaired) electrons. The monoisotopic (exact) mass is 348 g/mol. The van der Waals surface area contributed by atoms with Crippen LogP contribution in [-0.4, -0.2) is 35.5 Å². The van der Waals surface area contributed by atoms with Gasteiger partial charge in [0.15, 0.2) is 0 Å². The highest BCUT2D eigenvalue weighted by atomic mass is 32.2. The molecule has 1 amide bonds. The van der Waals surface area contributed by atoms with Gasteiger partial charge in [-0.25, -0.2) is 8.42 Å². The molecule has 0 aliphatic heterocycles. The van der Waals surface area contributed by atoms with E-state index in [4.69, 9.17) is 4.74 Å². The summed E-state index contributed by atoms with van der Waals surface area (Å²) in [5.74, 6) is 0.306. The van der Waals surface area contributed by atoms with Gasteiger partial charge in [-0.2, -0.15) is 0 Å². The fraction of sp³-hybridized carbons (Fsp3) is 0.235. The molecule has 0 aromatic heterocycles. The number of hydrogen-bond acceptors (Lipinski definition) is 4. The van der Waals surface area contributed by atoms with E-state index in [9.17, 15) is 13.2 Å². The van der Waals surface area contributed by atoms with Gasteiger partial charge in [0.1, 0.15) is 5.75 Å². The Labute approximate surface area is 142 Å². The molecule has 0 atom stereocenters. The summed E-state index contributed by atoms with van der Waals surface area (Å²) in [5, 5.41) is 2.53. The summed E-state index contributed by atoms with van der Waals surface area (Å²) in [5.41, 5.74) is 1.60. The van der Waals surface area contributed by atoms with Gasteiger partial charge >= 0.3 is 0 Å². The molecule has 2 aromatic carbocycles. The Morgan fingerprint density at radius 3 is 2.29 bits per heavy atom. The molecule has 0 bridgehead atoms. The number of nitrogens with one attached hydrogen (secondary N) is 1. The van der Waals surface area contributed by atoms with Crippen LogP contribution in [0, 0.1) is 6.92 Å². The van der Waals surface area contributed by atoms with Crippen LogP contribution in [0.25, 0.3) is 0 Å². The normalized spacial score (nSPS) is 11.0. The number of nitrogens with zero attached hydrogens (tertiary/aromatic N) is 1. The Morgan fingerprint density at radius 2 is 1.75 bits per heavy atom. The Hall–Kier alpha value is -2.54. The van der Waals surface area contributed by atoms with E-state index in [1.165, 1.54) is 37.6 Å². The lowest BCUT2D eigenvalue weighted by atomic mass is 10.1. The van der Waals surface area contributed by atoms with Crippen molar-refractivity contribution in [3.63, 3.8) is 0 Å². The average Bonchev–Trinajstić information content (AvgIpc) is 2.60. The van der Waals surface area contributed by atoms with Gasteiger partial charge in [-0.1, -0.05) is 6.07 Å². The third-order valence-electron chi connectivity index (χ3n) is 3.76. The molecule has 2 aromatic rings. The van der Waals surface area contributed by atoms with Crippen LogP contribution in [0.3, 0.4) is 0 Å². The highest BCUT2D eigenvalue weighted by Gasteiger charge is 2.23. The summed E-state index contributed by atoms with van der Waals surface area (Å²) in [4.78, 5) is 11.9. The predicted octanol–water partition coefficient (Wildman–Crippen LogP) is 2.19. The second-order valence-corrected chi connectivity index (χ2v) is 7.20. The van der Waals surface area contributed by atoms with Crippen molar-refractivity contribution in [2.45, 2.75) is 11.8 Å². The minimum absolute atomic E-state index is 0.149. The predicted molar refractivity (Wildman–Crippen MR) is 93.2 cm³/mol. The lowest BCUT2D eigenvalue weighted by Crippen LogP contribution is -2.28. The van der Waals surface area contributed by atoms with E-state index in [1.54, 1.807) is 37.3 Å². The molecule has 7 heteroatoms. The maximum Gasteiger partial charge on any atom is 0.264 e. The summed E-state index contributed by atoms with van der Waals surface area (Å²) in [6.45, 7) is 1.79. The van der Waals surface area contributed by atoms with Gasteiger partial charge in [0.05, 0.1) is 17.7 Å². The Bertz CT molecular complexity index is 845. The molecule has 0 fully saturated rings. The van der Waals surface area contributed by atoms with E-state index >= 15 is 0 Å². The standard InChI is InChI=1S/C17H20N2O4S/c1-12-5-6-13(17(20)18-2)11-16(12)19(3)24(21,22)15-9-7-14(23-4)8-10-15/h5-11H,1-4H3,(H,18,20). The molecular weight excluding hydrogens is 328 g/mol. The lowest BCUT2D eigenvalue weighted by Gasteiger charge is -2.22. The van der Waals surface area contributed by atoms with Gasteiger partial charge in [-0.3, -0.25) is 9.10 Å². The summed E-state index contributed by atoms with van der Waals surface area (Å²) in [7, 11) is 0.770. The van der Waals surface area contributed by atoms with Crippen LogP contribution in [0.1, 0.15) is 15.9 Å². The molecule has 1 N–H and O–H groups in total. The smallest absolute Gasteiger partial charge is 0.264 e. The van der Waals surface area contributed by atoms with Gasteiger partial charge < -0.3 is 10.1 Å². The van der Waals surface area contributed by atoms with E-state index < -0.39 is 10.0 Å². The number of carbonyl (C=O) groups excluding carboxylic acids is 1. The number of sulfonamides is 1. The minimum Gasteiger partial charge on any atom is -0.497 e. The number of rotatable bonds is 5.